The van der Waals surface area contributed by atoms with Crippen molar-refractivity contribution in [2.75, 3.05) is 0 Å². The van der Waals surface area contributed by atoms with Gasteiger partial charge in [-0.15, -0.1) is 0 Å². The van der Waals surface area contributed by atoms with Crippen molar-refractivity contribution in [1.29, 1.82) is 0 Å². The number of aliphatic imine (C=N–C) groups is 1. The number of fused-ring (bicyclic) bond motifs is 1. The molecule has 1 fully saturated rings. The number of aryl methyl sites for hydroxylation is 1. The number of rotatable bonds is 2. The van der Waals surface area contributed by atoms with Crippen LogP contribution in [0, 0.1) is 12.8 Å². The lowest BCUT2D eigenvalue weighted by Crippen LogP contribution is -2.20. The second kappa shape index (κ2) is 4.84. The van der Waals surface area contributed by atoms with Gasteiger partial charge in [0.05, 0.1) is 29.5 Å². The van der Waals surface area contributed by atoms with Gasteiger partial charge in [-0.25, -0.2) is 9.97 Å². The molecule has 4 nitrogen and oxygen atoms in total. The minimum absolute atomic E-state index is 0.119. The number of hydrogen-bond donors (Lipinski definition) is 0. The number of aromatic nitrogens is 2. The van der Waals surface area contributed by atoms with Crippen LogP contribution in [-0.4, -0.2) is 28.4 Å². The summed E-state index contributed by atoms with van der Waals surface area (Å²) in [7, 11) is 0. The first-order chi connectivity index (χ1) is 9.10. The molecule has 3 heterocycles. The highest BCUT2D eigenvalue weighted by Crippen LogP contribution is 2.41. The zero-order valence-corrected chi connectivity index (χ0v) is 12.2. The summed E-state index contributed by atoms with van der Waals surface area (Å²) in [6.07, 6.45) is 4.56. The fourth-order valence-electron chi connectivity index (χ4n) is 3.11. The van der Waals surface area contributed by atoms with Crippen molar-refractivity contribution in [2.45, 2.75) is 51.7 Å². The molecule has 102 valence electrons. The van der Waals surface area contributed by atoms with Gasteiger partial charge in [-0.2, -0.15) is 0 Å². The molecule has 0 aliphatic carbocycles. The molecule has 4 atom stereocenters. The molecule has 1 saturated heterocycles. The molecular weight excluding hydrogens is 262 g/mol. The molecule has 0 amide bonds. The maximum absolute atomic E-state index is 6.15. The van der Waals surface area contributed by atoms with Crippen LogP contribution in [-0.2, 0) is 4.74 Å². The molecule has 1 unspecified atom stereocenters. The van der Waals surface area contributed by atoms with Crippen molar-refractivity contribution in [2.24, 2.45) is 10.9 Å². The Bertz CT molecular complexity index is 532. The molecule has 3 rings (SSSR count). The Hall–Kier alpha value is -1.00. The van der Waals surface area contributed by atoms with E-state index in [9.17, 15) is 0 Å². The molecule has 0 aromatic carbocycles. The molecule has 19 heavy (non-hydrogen) atoms. The van der Waals surface area contributed by atoms with E-state index >= 15 is 0 Å². The van der Waals surface area contributed by atoms with Gasteiger partial charge < -0.3 is 4.74 Å². The number of ether oxygens (including phenoxy) is 1. The van der Waals surface area contributed by atoms with Gasteiger partial charge in [-0.3, -0.25) is 4.99 Å². The van der Waals surface area contributed by atoms with Crippen molar-refractivity contribution >= 4 is 23.5 Å². The first-order valence-electron chi connectivity index (χ1n) is 6.83. The molecule has 5 heteroatoms. The number of hydrogen-bond acceptors (Lipinski definition) is 4. The summed E-state index contributed by atoms with van der Waals surface area (Å²) >= 11 is 5.97. The van der Waals surface area contributed by atoms with Gasteiger partial charge in [-0.1, -0.05) is 13.8 Å². The van der Waals surface area contributed by atoms with E-state index < -0.39 is 0 Å². The Balaban J connectivity index is 1.89. The molecule has 0 spiro atoms. The van der Waals surface area contributed by atoms with Crippen molar-refractivity contribution < 1.29 is 4.74 Å². The highest BCUT2D eigenvalue weighted by atomic mass is 35.5. The second-order valence-corrected chi connectivity index (χ2v) is 5.79. The molecule has 0 bridgehead atoms. The van der Waals surface area contributed by atoms with Crippen molar-refractivity contribution in [3.63, 3.8) is 0 Å². The Morgan fingerprint density at radius 3 is 2.89 bits per heavy atom. The fourth-order valence-corrected chi connectivity index (χ4v) is 3.32. The fraction of sp³-hybridized carbons (Fsp3) is 0.643. The molecule has 1 aromatic rings. The monoisotopic (exact) mass is 279 g/mol. The van der Waals surface area contributed by atoms with E-state index in [-0.39, 0.29) is 12.0 Å². The summed E-state index contributed by atoms with van der Waals surface area (Å²) in [5, 5.41) is 0.296. The van der Waals surface area contributed by atoms with Gasteiger partial charge in [0.25, 0.3) is 0 Å². The zero-order chi connectivity index (χ0) is 13.6. The zero-order valence-electron chi connectivity index (χ0n) is 11.4. The summed E-state index contributed by atoms with van der Waals surface area (Å²) in [4.78, 5) is 13.0. The molecule has 2 aliphatic rings. The van der Waals surface area contributed by atoms with E-state index in [0.29, 0.717) is 17.3 Å². The smallest absolute Gasteiger partial charge is 0.222 e. The van der Waals surface area contributed by atoms with E-state index in [2.05, 4.69) is 28.8 Å². The van der Waals surface area contributed by atoms with E-state index in [1.807, 2.05) is 13.1 Å². The number of halogens is 1. The van der Waals surface area contributed by atoms with E-state index in [1.165, 1.54) is 0 Å². The first kappa shape index (κ1) is 13.0. The molecule has 0 radical (unpaired) electrons. The predicted molar refractivity (Wildman–Crippen MR) is 75.4 cm³/mol. The Morgan fingerprint density at radius 1 is 1.42 bits per heavy atom. The summed E-state index contributed by atoms with van der Waals surface area (Å²) in [6.45, 7) is 6.34. The minimum Gasteiger partial charge on any atom is -0.374 e. The van der Waals surface area contributed by atoms with Gasteiger partial charge in [0.15, 0.2) is 0 Å². The molecular formula is C14H18ClN3O. The lowest BCUT2D eigenvalue weighted by Gasteiger charge is -2.17. The van der Waals surface area contributed by atoms with Crippen LogP contribution in [0.2, 0.25) is 5.28 Å². The van der Waals surface area contributed by atoms with Gasteiger partial charge in [0, 0.05) is 6.21 Å². The average molecular weight is 280 g/mol. The Kier molecular flexibility index (Phi) is 3.31. The van der Waals surface area contributed by atoms with E-state index in [4.69, 9.17) is 16.3 Å². The van der Waals surface area contributed by atoms with Gasteiger partial charge >= 0.3 is 0 Å². The SMILES string of the molecule is CC[C@@H]1O[C@@H](C2C=Nc3c(C)nc(Cl)nc32)C[C@@H]1C. The largest absolute Gasteiger partial charge is 0.374 e. The van der Waals surface area contributed by atoms with Crippen molar-refractivity contribution in [3.05, 3.63) is 16.7 Å². The quantitative estimate of drug-likeness (QED) is 0.779. The van der Waals surface area contributed by atoms with Gasteiger partial charge in [0.2, 0.25) is 5.28 Å². The van der Waals surface area contributed by atoms with Crippen LogP contribution in [0.25, 0.3) is 0 Å². The van der Waals surface area contributed by atoms with Crippen LogP contribution in [0.3, 0.4) is 0 Å². The number of nitrogens with zero attached hydrogens (tertiary/aromatic N) is 3. The van der Waals surface area contributed by atoms with Crippen LogP contribution in [0.1, 0.15) is 44.0 Å². The molecule has 0 N–H and O–H groups in total. The standard InChI is InChI=1S/C14H18ClN3O/c1-4-10-7(2)5-11(19-10)9-6-16-12-8(3)17-14(15)18-13(9)12/h6-7,9-11H,4-5H2,1-3H3/t7-,9?,10-,11+/m0/s1. The van der Waals surface area contributed by atoms with Crippen LogP contribution in [0.15, 0.2) is 4.99 Å². The van der Waals surface area contributed by atoms with Crippen LogP contribution in [0.4, 0.5) is 5.69 Å². The van der Waals surface area contributed by atoms with Gasteiger partial charge in [-0.05, 0) is 37.3 Å². The summed E-state index contributed by atoms with van der Waals surface area (Å²) in [5.74, 6) is 0.707. The summed E-state index contributed by atoms with van der Waals surface area (Å²) < 4.78 is 6.15. The maximum Gasteiger partial charge on any atom is 0.222 e. The van der Waals surface area contributed by atoms with Crippen LogP contribution in [0.5, 0.6) is 0 Å². The maximum atomic E-state index is 6.15. The molecule has 1 aromatic heterocycles. The van der Waals surface area contributed by atoms with E-state index in [0.717, 1.165) is 29.9 Å². The van der Waals surface area contributed by atoms with E-state index in [1.54, 1.807) is 0 Å². The normalized spacial score (nSPS) is 32.8. The van der Waals surface area contributed by atoms with Crippen LogP contribution >= 0.6 is 11.6 Å². The summed E-state index contributed by atoms with van der Waals surface area (Å²) in [6, 6.07) is 0. The lowest BCUT2D eigenvalue weighted by molar-refractivity contribution is 0.0307. The second-order valence-electron chi connectivity index (χ2n) is 5.45. The third kappa shape index (κ3) is 2.17. The third-order valence-corrected chi connectivity index (χ3v) is 4.30. The van der Waals surface area contributed by atoms with Crippen molar-refractivity contribution in [1.82, 2.24) is 9.97 Å². The minimum atomic E-state index is 0.119. The summed E-state index contributed by atoms with van der Waals surface area (Å²) in [5.41, 5.74) is 2.63. The van der Waals surface area contributed by atoms with Crippen molar-refractivity contribution in [3.8, 4) is 0 Å². The highest BCUT2D eigenvalue weighted by molar-refractivity contribution is 6.28. The molecule has 2 aliphatic heterocycles. The average Bonchev–Trinajstić information content (AvgIpc) is 2.92. The topological polar surface area (TPSA) is 47.4 Å². The van der Waals surface area contributed by atoms with Crippen LogP contribution < -0.4 is 0 Å². The third-order valence-electron chi connectivity index (χ3n) is 4.13. The molecule has 0 saturated carbocycles. The van der Waals surface area contributed by atoms with Gasteiger partial charge in [0.1, 0.15) is 5.69 Å². The Labute approximate surface area is 118 Å². The lowest BCUT2D eigenvalue weighted by atomic mass is 9.93. The Morgan fingerprint density at radius 2 is 2.21 bits per heavy atom. The highest BCUT2D eigenvalue weighted by Gasteiger charge is 2.39. The predicted octanol–water partition coefficient (Wildman–Crippen LogP) is 3.44. The first-order valence-corrected chi connectivity index (χ1v) is 7.21.